The lowest BCUT2D eigenvalue weighted by atomic mass is 10.0. The number of rotatable bonds is 4. The minimum absolute atomic E-state index is 0.0527. The van der Waals surface area contributed by atoms with Gasteiger partial charge in [-0.05, 0) is 37.1 Å². The van der Waals surface area contributed by atoms with Gasteiger partial charge in [0.05, 0.1) is 12.0 Å². The maximum absolute atomic E-state index is 12.3. The highest BCUT2D eigenvalue weighted by molar-refractivity contribution is 7.92. The zero-order valence-corrected chi connectivity index (χ0v) is 13.2. The molecule has 1 aromatic carbocycles. The Hall–Kier alpha value is -1.41. The van der Waals surface area contributed by atoms with Crippen molar-refractivity contribution in [2.75, 3.05) is 16.7 Å². The van der Waals surface area contributed by atoms with Gasteiger partial charge >= 0.3 is 0 Å². The maximum atomic E-state index is 12.3. The van der Waals surface area contributed by atoms with Crippen LogP contribution in [0.2, 0.25) is 0 Å². The quantitative estimate of drug-likeness (QED) is 0.836. The van der Waals surface area contributed by atoms with Crippen molar-refractivity contribution < 1.29 is 21.6 Å². The van der Waals surface area contributed by atoms with Crippen LogP contribution in [0.3, 0.4) is 0 Å². The Bertz CT molecular complexity index is 735. The zero-order chi connectivity index (χ0) is 15.7. The molecule has 0 aliphatic carbocycles. The summed E-state index contributed by atoms with van der Waals surface area (Å²) >= 11 is 0. The topological polar surface area (TPSA) is 97.4 Å². The van der Waals surface area contributed by atoms with Gasteiger partial charge in [0.1, 0.15) is 5.25 Å². The minimum atomic E-state index is -3.38. The second-order valence-corrected chi connectivity index (χ2v) is 9.22. The molecule has 21 heavy (non-hydrogen) atoms. The summed E-state index contributed by atoms with van der Waals surface area (Å²) in [7, 11) is -6.75. The molecule has 1 fully saturated rings. The summed E-state index contributed by atoms with van der Waals surface area (Å²) in [5.41, 5.74) is 0.616. The van der Waals surface area contributed by atoms with E-state index < -0.39 is 30.9 Å². The van der Waals surface area contributed by atoms with E-state index in [1.165, 1.54) is 24.3 Å². The molecule has 1 heterocycles. The van der Waals surface area contributed by atoms with Crippen molar-refractivity contribution in [1.82, 2.24) is 0 Å². The summed E-state index contributed by atoms with van der Waals surface area (Å²) in [6.45, 7) is 0. The molecule has 0 radical (unpaired) electrons. The predicted molar refractivity (Wildman–Crippen MR) is 80.7 cm³/mol. The van der Waals surface area contributed by atoms with E-state index >= 15 is 0 Å². The molecular formula is C13H17NO5S2. The standard InChI is InChI=1S/C13H17NO5S2/c1-20(16,17)14-11-7-5-10(6-8-11)13(15)12-4-2-3-9-21(12,18)19/h5-8,12,14H,2-4,9H2,1H3. The van der Waals surface area contributed by atoms with Crippen LogP contribution in [0, 0.1) is 0 Å². The summed E-state index contributed by atoms with van der Waals surface area (Å²) in [4.78, 5) is 12.3. The summed E-state index contributed by atoms with van der Waals surface area (Å²) in [5.74, 6) is -0.363. The van der Waals surface area contributed by atoms with Crippen LogP contribution in [0.25, 0.3) is 0 Å². The number of hydrogen-bond donors (Lipinski definition) is 1. The number of anilines is 1. The van der Waals surface area contributed by atoms with Gasteiger partial charge in [-0.1, -0.05) is 6.42 Å². The smallest absolute Gasteiger partial charge is 0.229 e. The molecule has 0 spiro atoms. The van der Waals surface area contributed by atoms with Gasteiger partial charge in [0, 0.05) is 11.3 Å². The van der Waals surface area contributed by atoms with Crippen molar-refractivity contribution in [3.63, 3.8) is 0 Å². The van der Waals surface area contributed by atoms with E-state index in [0.717, 1.165) is 12.7 Å². The van der Waals surface area contributed by atoms with Crippen LogP contribution in [0.5, 0.6) is 0 Å². The van der Waals surface area contributed by atoms with Crippen LogP contribution in [0.1, 0.15) is 29.6 Å². The summed E-state index contributed by atoms with van der Waals surface area (Å²) in [6, 6.07) is 5.79. The van der Waals surface area contributed by atoms with Crippen molar-refractivity contribution >= 4 is 31.3 Å². The number of hydrogen-bond acceptors (Lipinski definition) is 5. The Morgan fingerprint density at radius 3 is 2.33 bits per heavy atom. The van der Waals surface area contributed by atoms with Gasteiger partial charge in [0.15, 0.2) is 15.6 Å². The average molecular weight is 331 g/mol. The van der Waals surface area contributed by atoms with E-state index in [0.29, 0.717) is 18.5 Å². The Balaban J connectivity index is 2.20. The Morgan fingerprint density at radius 2 is 1.81 bits per heavy atom. The normalized spacial score (nSPS) is 21.7. The first kappa shape index (κ1) is 16.0. The molecule has 1 atom stereocenters. The molecule has 1 saturated heterocycles. The second kappa shape index (κ2) is 5.76. The Labute approximate surface area is 124 Å². The molecule has 0 saturated carbocycles. The lowest BCUT2D eigenvalue weighted by Gasteiger charge is -2.21. The van der Waals surface area contributed by atoms with Crippen molar-refractivity contribution in [2.24, 2.45) is 0 Å². The van der Waals surface area contributed by atoms with Gasteiger partial charge in [-0.15, -0.1) is 0 Å². The minimum Gasteiger partial charge on any atom is -0.293 e. The van der Waals surface area contributed by atoms with Gasteiger partial charge < -0.3 is 0 Å². The molecule has 1 N–H and O–H groups in total. The number of nitrogens with one attached hydrogen (secondary N) is 1. The van der Waals surface area contributed by atoms with E-state index in [-0.39, 0.29) is 11.3 Å². The molecule has 8 heteroatoms. The monoisotopic (exact) mass is 331 g/mol. The fraction of sp³-hybridized carbons (Fsp3) is 0.462. The van der Waals surface area contributed by atoms with Crippen molar-refractivity contribution in [2.45, 2.75) is 24.5 Å². The third kappa shape index (κ3) is 4.04. The van der Waals surface area contributed by atoms with Crippen molar-refractivity contribution in [1.29, 1.82) is 0 Å². The van der Waals surface area contributed by atoms with Gasteiger partial charge in [0.25, 0.3) is 0 Å². The lowest BCUT2D eigenvalue weighted by Crippen LogP contribution is -2.35. The average Bonchev–Trinajstić information content (AvgIpc) is 2.36. The summed E-state index contributed by atoms with van der Waals surface area (Å²) < 4.78 is 48.4. The zero-order valence-electron chi connectivity index (χ0n) is 11.6. The van der Waals surface area contributed by atoms with Gasteiger partial charge in [-0.3, -0.25) is 9.52 Å². The molecule has 1 unspecified atom stereocenters. The van der Waals surface area contributed by atoms with Crippen LogP contribution in [-0.2, 0) is 19.9 Å². The molecule has 6 nitrogen and oxygen atoms in total. The predicted octanol–water partition coefficient (Wildman–Crippen LogP) is 1.21. The number of carbonyl (C=O) groups is 1. The van der Waals surface area contributed by atoms with E-state index in [2.05, 4.69) is 4.72 Å². The molecule has 1 aromatic rings. The molecule has 2 rings (SSSR count). The Kier molecular flexibility index (Phi) is 4.38. The molecule has 116 valence electrons. The number of ketones is 1. The third-order valence-corrected chi connectivity index (χ3v) is 6.12. The molecule has 0 amide bonds. The Morgan fingerprint density at radius 1 is 1.19 bits per heavy atom. The van der Waals surface area contributed by atoms with Crippen molar-refractivity contribution in [3.8, 4) is 0 Å². The van der Waals surface area contributed by atoms with E-state index in [1.807, 2.05) is 0 Å². The third-order valence-electron chi connectivity index (χ3n) is 3.34. The van der Waals surface area contributed by atoms with Crippen LogP contribution in [0.4, 0.5) is 5.69 Å². The van der Waals surface area contributed by atoms with Gasteiger partial charge in [-0.2, -0.15) is 0 Å². The summed E-state index contributed by atoms with van der Waals surface area (Å²) in [5, 5.41) is -0.972. The van der Waals surface area contributed by atoms with Crippen LogP contribution < -0.4 is 4.72 Å². The highest BCUT2D eigenvalue weighted by atomic mass is 32.2. The number of Topliss-reactive ketones (excluding diaryl/α,β-unsaturated/α-hetero) is 1. The fourth-order valence-corrected chi connectivity index (χ4v) is 4.79. The van der Waals surface area contributed by atoms with Gasteiger partial charge in [-0.25, -0.2) is 16.8 Å². The van der Waals surface area contributed by atoms with Crippen LogP contribution in [-0.4, -0.2) is 39.9 Å². The molecule has 1 aliphatic heterocycles. The molecule has 1 aliphatic rings. The first-order valence-corrected chi connectivity index (χ1v) is 10.1. The highest BCUT2D eigenvalue weighted by Crippen LogP contribution is 2.23. The number of sulfonamides is 1. The number of benzene rings is 1. The number of sulfone groups is 1. The SMILES string of the molecule is CS(=O)(=O)Nc1ccc(C(=O)C2CCCCS2(=O)=O)cc1. The first-order valence-electron chi connectivity index (χ1n) is 6.53. The molecule has 0 bridgehead atoms. The fourth-order valence-electron chi connectivity index (χ4n) is 2.35. The van der Waals surface area contributed by atoms with E-state index in [4.69, 9.17) is 0 Å². The van der Waals surface area contributed by atoms with Crippen LogP contribution >= 0.6 is 0 Å². The summed E-state index contributed by atoms with van der Waals surface area (Å²) in [6.07, 6.45) is 2.71. The highest BCUT2D eigenvalue weighted by Gasteiger charge is 2.35. The van der Waals surface area contributed by atoms with E-state index in [9.17, 15) is 21.6 Å². The second-order valence-electron chi connectivity index (χ2n) is 5.17. The van der Waals surface area contributed by atoms with Crippen molar-refractivity contribution in [3.05, 3.63) is 29.8 Å². The van der Waals surface area contributed by atoms with Crippen LogP contribution in [0.15, 0.2) is 24.3 Å². The molecular weight excluding hydrogens is 314 g/mol. The van der Waals surface area contributed by atoms with Gasteiger partial charge in [0.2, 0.25) is 10.0 Å². The first-order chi connectivity index (χ1) is 9.69. The lowest BCUT2D eigenvalue weighted by molar-refractivity contribution is 0.0981. The van der Waals surface area contributed by atoms with E-state index in [1.54, 1.807) is 0 Å². The largest absolute Gasteiger partial charge is 0.293 e. The maximum Gasteiger partial charge on any atom is 0.229 e. The number of carbonyl (C=O) groups excluding carboxylic acids is 1. The molecule has 0 aromatic heterocycles.